The Bertz CT molecular complexity index is 1020. The highest BCUT2D eigenvalue weighted by molar-refractivity contribution is 5.97. The Kier molecular flexibility index (Phi) is 5.21. The summed E-state index contributed by atoms with van der Waals surface area (Å²) < 4.78 is 23.0. The predicted molar refractivity (Wildman–Crippen MR) is 109 cm³/mol. The molecular formula is C21H26FN3O4. The molecular weight excluding hydrogens is 377 g/mol. The Morgan fingerprint density at radius 2 is 2.21 bits per heavy atom. The number of nitrogens with one attached hydrogen (secondary N) is 1. The maximum absolute atomic E-state index is 15.2. The van der Waals surface area contributed by atoms with E-state index < -0.39 is 17.2 Å². The maximum atomic E-state index is 15.2. The minimum Gasteiger partial charge on any atom is -0.487 e. The van der Waals surface area contributed by atoms with Gasteiger partial charge in [-0.2, -0.15) is 0 Å². The summed E-state index contributed by atoms with van der Waals surface area (Å²) in [5.41, 5.74) is -0.156. The lowest BCUT2D eigenvalue weighted by molar-refractivity contribution is 0.0694. The molecule has 2 aliphatic rings. The first kappa shape index (κ1) is 19.7. The normalized spacial score (nSPS) is 20.9. The summed E-state index contributed by atoms with van der Waals surface area (Å²) in [5.74, 6) is -1.08. The van der Waals surface area contributed by atoms with Gasteiger partial charge in [0.25, 0.3) is 0 Å². The predicted octanol–water partition coefficient (Wildman–Crippen LogP) is 2.62. The average Bonchev–Trinajstić information content (AvgIpc) is 3.16. The van der Waals surface area contributed by atoms with Gasteiger partial charge >= 0.3 is 5.97 Å². The third kappa shape index (κ3) is 3.25. The molecule has 0 bridgehead atoms. The summed E-state index contributed by atoms with van der Waals surface area (Å²) in [6.07, 6.45) is 3.04. The summed E-state index contributed by atoms with van der Waals surface area (Å²) in [6.45, 7) is 7.53. The lowest BCUT2D eigenvalue weighted by Crippen LogP contribution is -2.30. The summed E-state index contributed by atoms with van der Waals surface area (Å²) in [7, 11) is 0. The van der Waals surface area contributed by atoms with E-state index in [4.69, 9.17) is 4.74 Å². The molecule has 1 aromatic carbocycles. The largest absolute Gasteiger partial charge is 0.487 e. The van der Waals surface area contributed by atoms with Crippen LogP contribution in [-0.2, 0) is 0 Å². The molecule has 2 aliphatic heterocycles. The molecule has 0 spiro atoms. The molecule has 3 heterocycles. The van der Waals surface area contributed by atoms with E-state index in [9.17, 15) is 14.7 Å². The number of hydrogen-bond donors (Lipinski definition) is 2. The highest BCUT2D eigenvalue weighted by atomic mass is 19.1. The van der Waals surface area contributed by atoms with Gasteiger partial charge in [0.1, 0.15) is 17.9 Å². The van der Waals surface area contributed by atoms with Crippen molar-refractivity contribution >= 4 is 22.6 Å². The number of anilines is 1. The number of aromatic nitrogens is 1. The Morgan fingerprint density at radius 1 is 1.41 bits per heavy atom. The van der Waals surface area contributed by atoms with Crippen molar-refractivity contribution in [1.82, 2.24) is 9.88 Å². The first-order valence-electron chi connectivity index (χ1n) is 10.2. The van der Waals surface area contributed by atoms with Gasteiger partial charge in [-0.05, 0) is 37.9 Å². The summed E-state index contributed by atoms with van der Waals surface area (Å²) >= 11 is 0. The minimum atomic E-state index is -1.31. The number of aromatic carboxylic acids is 1. The number of carboxylic acid groups (broad SMARTS) is 1. The van der Waals surface area contributed by atoms with Crippen LogP contribution in [0.5, 0.6) is 5.75 Å². The smallest absolute Gasteiger partial charge is 0.341 e. The van der Waals surface area contributed by atoms with Crippen molar-refractivity contribution in [2.45, 2.75) is 32.7 Å². The van der Waals surface area contributed by atoms with E-state index >= 15 is 4.39 Å². The van der Waals surface area contributed by atoms with Gasteiger partial charge in [-0.3, -0.25) is 4.79 Å². The number of carboxylic acids is 1. The van der Waals surface area contributed by atoms with E-state index in [2.05, 4.69) is 12.2 Å². The molecule has 2 atom stereocenters. The summed E-state index contributed by atoms with van der Waals surface area (Å²) in [5, 5.41) is 12.8. The van der Waals surface area contributed by atoms with Gasteiger partial charge in [0.05, 0.1) is 16.9 Å². The molecule has 1 saturated heterocycles. The van der Waals surface area contributed by atoms with E-state index in [-0.39, 0.29) is 17.0 Å². The molecule has 1 fully saturated rings. The Labute approximate surface area is 168 Å². The van der Waals surface area contributed by atoms with Crippen molar-refractivity contribution in [2.75, 3.05) is 37.7 Å². The molecule has 0 radical (unpaired) electrons. The van der Waals surface area contributed by atoms with Gasteiger partial charge < -0.3 is 24.6 Å². The van der Waals surface area contributed by atoms with E-state index in [1.165, 1.54) is 12.3 Å². The van der Waals surface area contributed by atoms with Crippen molar-refractivity contribution in [3.8, 4) is 5.75 Å². The molecule has 2 N–H and O–H groups in total. The number of pyridine rings is 1. The van der Waals surface area contributed by atoms with E-state index in [1.807, 2.05) is 11.8 Å². The Balaban J connectivity index is 1.88. The van der Waals surface area contributed by atoms with Crippen LogP contribution in [0.1, 0.15) is 43.1 Å². The van der Waals surface area contributed by atoms with Crippen LogP contribution in [0.15, 0.2) is 17.1 Å². The Hall–Kier alpha value is -2.61. The highest BCUT2D eigenvalue weighted by Crippen LogP contribution is 2.43. The van der Waals surface area contributed by atoms with Crippen LogP contribution in [0.2, 0.25) is 0 Å². The summed E-state index contributed by atoms with van der Waals surface area (Å²) in [4.78, 5) is 26.3. The fourth-order valence-electron chi connectivity index (χ4n) is 4.44. The van der Waals surface area contributed by atoms with Crippen molar-refractivity contribution in [3.05, 3.63) is 33.9 Å². The van der Waals surface area contributed by atoms with E-state index in [0.29, 0.717) is 49.0 Å². The average molecular weight is 403 g/mol. The summed E-state index contributed by atoms with van der Waals surface area (Å²) in [6, 6.07) is 1.07. The monoisotopic (exact) mass is 403 g/mol. The molecule has 29 heavy (non-hydrogen) atoms. The fraction of sp³-hybridized carbons (Fsp3) is 0.524. The van der Waals surface area contributed by atoms with Crippen LogP contribution in [0.3, 0.4) is 0 Å². The van der Waals surface area contributed by atoms with Gasteiger partial charge in [-0.25, -0.2) is 9.18 Å². The van der Waals surface area contributed by atoms with Gasteiger partial charge in [-0.1, -0.05) is 13.8 Å². The molecule has 4 rings (SSSR count). The highest BCUT2D eigenvalue weighted by Gasteiger charge is 2.33. The first-order valence-corrected chi connectivity index (χ1v) is 10.2. The van der Waals surface area contributed by atoms with E-state index in [1.54, 1.807) is 4.57 Å². The van der Waals surface area contributed by atoms with Gasteiger partial charge in [0, 0.05) is 19.3 Å². The second-order valence-electron chi connectivity index (χ2n) is 7.80. The molecule has 0 amide bonds. The zero-order chi connectivity index (χ0) is 20.7. The number of hydrogen-bond acceptors (Lipinski definition) is 5. The van der Waals surface area contributed by atoms with Gasteiger partial charge in [-0.15, -0.1) is 0 Å². The SMILES string of the molecule is CCNCC1CCN(c2c(F)cc3c(=O)c(C(=O)O)cn4c3c2OCC4CC)C1. The van der Waals surface area contributed by atoms with Crippen LogP contribution in [0.25, 0.3) is 10.9 Å². The van der Waals surface area contributed by atoms with Crippen LogP contribution in [0, 0.1) is 11.7 Å². The maximum Gasteiger partial charge on any atom is 0.341 e. The third-order valence-electron chi connectivity index (χ3n) is 6.00. The molecule has 2 unspecified atom stereocenters. The fourth-order valence-corrected chi connectivity index (χ4v) is 4.44. The van der Waals surface area contributed by atoms with Gasteiger partial charge in [0.15, 0.2) is 11.6 Å². The van der Waals surface area contributed by atoms with Crippen molar-refractivity contribution in [1.29, 1.82) is 0 Å². The van der Waals surface area contributed by atoms with E-state index in [0.717, 1.165) is 19.5 Å². The number of benzene rings is 1. The minimum absolute atomic E-state index is 0.0581. The zero-order valence-corrected chi connectivity index (χ0v) is 16.7. The second-order valence-corrected chi connectivity index (χ2v) is 7.80. The molecule has 2 aromatic rings. The molecule has 8 heteroatoms. The van der Waals surface area contributed by atoms with Crippen LogP contribution >= 0.6 is 0 Å². The number of nitrogens with zero attached hydrogens (tertiary/aromatic N) is 2. The molecule has 0 saturated carbocycles. The third-order valence-corrected chi connectivity index (χ3v) is 6.00. The van der Waals surface area contributed by atoms with Crippen LogP contribution in [-0.4, -0.2) is 48.4 Å². The van der Waals surface area contributed by atoms with Crippen LogP contribution < -0.4 is 20.4 Å². The molecule has 1 aromatic heterocycles. The second kappa shape index (κ2) is 7.67. The Morgan fingerprint density at radius 3 is 2.90 bits per heavy atom. The van der Waals surface area contributed by atoms with Crippen molar-refractivity contribution < 1.29 is 19.0 Å². The molecule has 156 valence electrons. The lowest BCUT2D eigenvalue weighted by Gasteiger charge is -2.32. The molecule has 0 aliphatic carbocycles. The van der Waals surface area contributed by atoms with Gasteiger partial charge in [0.2, 0.25) is 5.43 Å². The van der Waals surface area contributed by atoms with Crippen molar-refractivity contribution in [3.63, 3.8) is 0 Å². The lowest BCUT2D eigenvalue weighted by atomic mass is 10.0. The standard InChI is InChI=1S/C21H26FN3O4/c1-3-13-11-29-20-17-14(19(26)15(21(27)28)10-25(13)17)7-16(22)18(20)24-6-5-12(9-24)8-23-4-2/h7,10,12-13,23H,3-6,8-9,11H2,1-2H3,(H,27,28). The number of halogens is 1. The van der Waals surface area contributed by atoms with Crippen LogP contribution in [0.4, 0.5) is 10.1 Å². The number of carbonyl (C=O) groups is 1. The zero-order valence-electron chi connectivity index (χ0n) is 16.7. The quantitative estimate of drug-likeness (QED) is 0.772. The topological polar surface area (TPSA) is 83.8 Å². The van der Waals surface area contributed by atoms with Crippen molar-refractivity contribution in [2.24, 2.45) is 5.92 Å². The molecule has 7 nitrogen and oxygen atoms in total. The first-order chi connectivity index (χ1) is 14.0. The number of rotatable bonds is 6. The number of ether oxygens (including phenoxy) is 1.